The molecule has 0 radical (unpaired) electrons. The summed E-state index contributed by atoms with van der Waals surface area (Å²) < 4.78 is 11.2. The van der Waals surface area contributed by atoms with Crippen molar-refractivity contribution in [1.29, 1.82) is 0 Å². The number of fused-ring (bicyclic) bond motifs is 1. The third-order valence-corrected chi connectivity index (χ3v) is 5.42. The van der Waals surface area contributed by atoms with Crippen LogP contribution in [0.5, 0.6) is 0 Å². The molecule has 0 aliphatic heterocycles. The fourth-order valence-corrected chi connectivity index (χ4v) is 4.25. The first-order valence-corrected chi connectivity index (χ1v) is 15.3. The van der Waals surface area contributed by atoms with Gasteiger partial charge in [0.1, 0.15) is 0 Å². The van der Waals surface area contributed by atoms with Crippen molar-refractivity contribution in [2.75, 3.05) is 0 Å². The highest BCUT2D eigenvalue weighted by molar-refractivity contribution is 6.71. The topological polar surface area (TPSA) is 52.6 Å². The van der Waals surface area contributed by atoms with Crippen LogP contribution in [0.25, 0.3) is 0 Å². The largest absolute Gasteiger partial charge is 0.520 e. The van der Waals surface area contributed by atoms with Crippen molar-refractivity contribution < 1.29 is 18.4 Å². The van der Waals surface area contributed by atoms with E-state index in [1.807, 2.05) is 57.5 Å². The smallest absolute Gasteiger partial charge is 0.324 e. The van der Waals surface area contributed by atoms with Gasteiger partial charge in [-0.25, -0.2) is 4.79 Å². The van der Waals surface area contributed by atoms with Crippen molar-refractivity contribution >= 4 is 28.6 Å². The number of carbonyl (C=O) groups excluding carboxylic acids is 2. The lowest BCUT2D eigenvalue weighted by Gasteiger charge is -2.27. The van der Waals surface area contributed by atoms with Crippen LogP contribution in [-0.2, 0) is 26.5 Å². The van der Waals surface area contributed by atoms with Gasteiger partial charge in [-0.1, -0.05) is 6.07 Å². The van der Waals surface area contributed by atoms with Crippen LogP contribution in [-0.4, -0.2) is 28.6 Å². The fraction of sp³-hybridized carbons (Fsp3) is 0.556. The highest BCUT2D eigenvalue weighted by Crippen LogP contribution is 2.28. The highest BCUT2D eigenvalue weighted by atomic mass is 28.4. The van der Waals surface area contributed by atoms with Crippen LogP contribution in [0.1, 0.15) is 27.9 Å². The summed E-state index contributed by atoms with van der Waals surface area (Å²) in [6.45, 7) is 12.1. The molecule has 1 aliphatic rings. The molecule has 0 heterocycles. The number of aryl methyl sites for hydroxylation is 1. The minimum Gasteiger partial charge on any atom is -0.520 e. The second kappa shape index (κ2) is 6.84. The van der Waals surface area contributed by atoms with Gasteiger partial charge in [0.25, 0.3) is 5.97 Å². The Kier molecular flexibility index (Phi) is 5.39. The molecule has 1 atom stereocenters. The van der Waals surface area contributed by atoms with Crippen molar-refractivity contribution in [2.45, 2.75) is 58.5 Å². The lowest BCUT2D eigenvalue weighted by molar-refractivity contribution is -0.140. The predicted molar refractivity (Wildman–Crippen MR) is 100 cm³/mol. The molecule has 0 saturated carbocycles. The van der Waals surface area contributed by atoms with Gasteiger partial charge < -0.3 is 8.85 Å². The Labute approximate surface area is 146 Å². The van der Waals surface area contributed by atoms with Gasteiger partial charge in [0, 0.05) is 0 Å². The maximum Gasteiger partial charge on any atom is 0.324 e. The minimum absolute atomic E-state index is 0.0657. The zero-order valence-electron chi connectivity index (χ0n) is 15.6. The van der Waals surface area contributed by atoms with Gasteiger partial charge in [0.05, 0.1) is 11.5 Å². The fourth-order valence-electron chi connectivity index (χ4n) is 2.81. The number of carbonyl (C=O) groups is 2. The zero-order valence-corrected chi connectivity index (χ0v) is 17.6. The molecule has 24 heavy (non-hydrogen) atoms. The number of rotatable bonds is 4. The molecular formula is C18H28O4Si2. The van der Waals surface area contributed by atoms with E-state index >= 15 is 0 Å². The lowest BCUT2D eigenvalue weighted by Crippen LogP contribution is -2.35. The Bertz CT molecular complexity index is 641. The molecule has 2 rings (SSSR count). The second-order valence-electron chi connectivity index (χ2n) is 8.46. The van der Waals surface area contributed by atoms with Gasteiger partial charge in [-0.2, -0.15) is 0 Å². The third kappa shape index (κ3) is 5.31. The number of benzene rings is 1. The molecule has 132 valence electrons. The molecule has 1 aliphatic carbocycles. The predicted octanol–water partition coefficient (Wildman–Crippen LogP) is 4.16. The van der Waals surface area contributed by atoms with E-state index in [1.54, 1.807) is 0 Å². The van der Waals surface area contributed by atoms with E-state index in [1.165, 1.54) is 0 Å². The molecule has 0 N–H and O–H groups in total. The molecule has 1 aromatic rings. The molecule has 0 amide bonds. The summed E-state index contributed by atoms with van der Waals surface area (Å²) >= 11 is 0. The standard InChI is InChI=1S/C18H28O4Si2/c1-23(2,3)21-17(19)15-9-7-14-12-16(10-8-13(14)11-15)18(20)22-24(4,5)6/h7,9,11,16H,8,10,12H2,1-6H3. The maximum absolute atomic E-state index is 12.3. The SMILES string of the molecule is C[Si](C)(C)OC(=O)c1ccc2c(c1)CCC(C(=O)O[Si](C)(C)C)C2. The van der Waals surface area contributed by atoms with Crippen molar-refractivity contribution in [3.63, 3.8) is 0 Å². The zero-order chi connectivity index (χ0) is 18.1. The van der Waals surface area contributed by atoms with Crippen molar-refractivity contribution in [3.05, 3.63) is 34.9 Å². The van der Waals surface area contributed by atoms with Crippen LogP contribution >= 0.6 is 0 Å². The van der Waals surface area contributed by atoms with Gasteiger partial charge in [-0.15, -0.1) is 0 Å². The molecule has 0 saturated heterocycles. The van der Waals surface area contributed by atoms with E-state index in [2.05, 4.69) is 0 Å². The summed E-state index contributed by atoms with van der Waals surface area (Å²) in [5.74, 6) is -0.372. The molecule has 0 spiro atoms. The molecule has 0 fully saturated rings. The van der Waals surface area contributed by atoms with Crippen LogP contribution in [0.3, 0.4) is 0 Å². The first-order valence-electron chi connectivity index (χ1n) is 8.53. The van der Waals surface area contributed by atoms with Gasteiger partial charge in [-0.3, -0.25) is 4.79 Å². The first kappa shape index (κ1) is 18.9. The van der Waals surface area contributed by atoms with E-state index < -0.39 is 16.6 Å². The summed E-state index contributed by atoms with van der Waals surface area (Å²) in [5.41, 5.74) is 2.90. The second-order valence-corrected chi connectivity index (χ2v) is 17.3. The number of hydrogen-bond donors (Lipinski definition) is 0. The molecular weight excluding hydrogens is 336 g/mol. The van der Waals surface area contributed by atoms with Crippen LogP contribution in [0.2, 0.25) is 39.3 Å². The van der Waals surface area contributed by atoms with Crippen molar-refractivity contribution in [1.82, 2.24) is 0 Å². The molecule has 0 aromatic heterocycles. The van der Waals surface area contributed by atoms with Gasteiger partial charge in [0.2, 0.25) is 16.6 Å². The Hall–Kier alpha value is -1.41. The van der Waals surface area contributed by atoms with Crippen LogP contribution in [0, 0.1) is 5.92 Å². The van der Waals surface area contributed by atoms with E-state index in [0.717, 1.165) is 24.0 Å². The summed E-state index contributed by atoms with van der Waals surface area (Å²) in [4.78, 5) is 24.5. The summed E-state index contributed by atoms with van der Waals surface area (Å²) in [5, 5.41) is 0. The van der Waals surface area contributed by atoms with Gasteiger partial charge >= 0.3 is 5.97 Å². The van der Waals surface area contributed by atoms with E-state index in [0.29, 0.717) is 12.0 Å². The Morgan fingerprint density at radius 2 is 1.58 bits per heavy atom. The summed E-state index contributed by atoms with van der Waals surface area (Å²) in [7, 11) is -3.74. The molecule has 6 heteroatoms. The Balaban J connectivity index is 2.09. The Morgan fingerprint density at radius 3 is 2.17 bits per heavy atom. The van der Waals surface area contributed by atoms with Crippen LogP contribution < -0.4 is 0 Å². The van der Waals surface area contributed by atoms with E-state index in [-0.39, 0.29) is 17.9 Å². The minimum atomic E-state index is -1.89. The third-order valence-electron chi connectivity index (χ3n) is 3.81. The normalized spacial score (nSPS) is 17.8. The molecule has 1 unspecified atom stereocenters. The van der Waals surface area contributed by atoms with E-state index in [9.17, 15) is 9.59 Å². The average Bonchev–Trinajstić information content (AvgIpc) is 2.42. The first-order chi connectivity index (χ1) is 10.9. The summed E-state index contributed by atoms with van der Waals surface area (Å²) in [6, 6.07) is 5.70. The lowest BCUT2D eigenvalue weighted by atomic mass is 9.83. The highest BCUT2D eigenvalue weighted by Gasteiger charge is 2.30. The van der Waals surface area contributed by atoms with E-state index in [4.69, 9.17) is 8.85 Å². The molecule has 4 nitrogen and oxygen atoms in total. The number of hydrogen-bond acceptors (Lipinski definition) is 4. The quantitative estimate of drug-likeness (QED) is 0.753. The van der Waals surface area contributed by atoms with Crippen LogP contribution in [0.4, 0.5) is 0 Å². The van der Waals surface area contributed by atoms with Crippen LogP contribution in [0.15, 0.2) is 18.2 Å². The Morgan fingerprint density at radius 1 is 0.958 bits per heavy atom. The van der Waals surface area contributed by atoms with Crippen molar-refractivity contribution in [3.8, 4) is 0 Å². The molecule has 1 aromatic carbocycles. The van der Waals surface area contributed by atoms with Crippen molar-refractivity contribution in [2.24, 2.45) is 5.92 Å². The summed E-state index contributed by atoms with van der Waals surface area (Å²) in [6.07, 6.45) is 2.28. The van der Waals surface area contributed by atoms with Gasteiger partial charge in [0.15, 0.2) is 0 Å². The maximum atomic E-state index is 12.3. The monoisotopic (exact) mass is 364 g/mol. The van der Waals surface area contributed by atoms with Gasteiger partial charge in [-0.05, 0) is 81.8 Å². The average molecular weight is 365 g/mol. The molecule has 0 bridgehead atoms.